The molecule has 1 rings (SSSR count). The number of anilines is 1. The highest BCUT2D eigenvalue weighted by molar-refractivity contribution is 5.53. The maximum absolute atomic E-state index is 10.8. The molecule has 1 aromatic carbocycles. The molecule has 0 aliphatic heterocycles. The van der Waals surface area contributed by atoms with Crippen LogP contribution < -0.4 is 16.1 Å². The highest BCUT2D eigenvalue weighted by Gasteiger charge is 1.94. The first kappa shape index (κ1) is 6.85. The number of hydrogen-bond acceptors (Lipinski definition) is 4. The number of benzene rings is 1. The number of hydrazine groups is 1. The largest absolute Gasteiger partial charge is 0.871 e. The Hall–Kier alpha value is -1.26. The quantitative estimate of drug-likeness (QED) is 0.418. The van der Waals surface area contributed by atoms with Crippen molar-refractivity contribution in [2.75, 3.05) is 5.17 Å². The molecule has 0 radical (unpaired) electrons. The van der Waals surface area contributed by atoms with Gasteiger partial charge >= 0.3 is 0 Å². The predicted octanol–water partition coefficient (Wildman–Crippen LogP) is -0.171. The summed E-state index contributed by atoms with van der Waals surface area (Å²) in [7, 11) is 0. The molecule has 4 heteroatoms. The van der Waals surface area contributed by atoms with Crippen LogP contribution in [0.2, 0.25) is 0 Å². The van der Waals surface area contributed by atoms with Gasteiger partial charge in [-0.25, -0.2) is 5.84 Å². The Morgan fingerprint density at radius 1 is 1.40 bits per heavy atom. The Balaban J connectivity index is 3.03. The summed E-state index contributed by atoms with van der Waals surface area (Å²) in [5.41, 5.74) is 0.0718. The lowest BCUT2D eigenvalue weighted by Gasteiger charge is -2.16. The van der Waals surface area contributed by atoms with E-state index in [4.69, 9.17) is 11.0 Å². The molecule has 0 spiro atoms. The summed E-state index contributed by atoms with van der Waals surface area (Å²) >= 11 is 0. The minimum absolute atomic E-state index is 0.0718. The van der Waals surface area contributed by atoms with Crippen molar-refractivity contribution in [2.24, 2.45) is 5.84 Å². The van der Waals surface area contributed by atoms with Crippen molar-refractivity contribution in [3.8, 4) is 5.75 Å². The summed E-state index contributed by atoms with van der Waals surface area (Å²) in [5, 5.41) is 19.7. The van der Waals surface area contributed by atoms with Gasteiger partial charge in [-0.3, -0.25) is 5.21 Å². The van der Waals surface area contributed by atoms with Crippen molar-refractivity contribution in [3.63, 3.8) is 0 Å². The summed E-state index contributed by atoms with van der Waals surface area (Å²) in [4.78, 5) is 0. The lowest BCUT2D eigenvalue weighted by molar-refractivity contribution is -0.267. The molecule has 0 aliphatic rings. The first-order valence-electron chi connectivity index (χ1n) is 2.71. The zero-order valence-electron chi connectivity index (χ0n) is 5.19. The number of nitrogens with zero attached hydrogens (tertiary/aromatic N) is 1. The van der Waals surface area contributed by atoms with Gasteiger partial charge < -0.3 is 5.11 Å². The van der Waals surface area contributed by atoms with Crippen molar-refractivity contribution in [3.05, 3.63) is 24.3 Å². The van der Waals surface area contributed by atoms with Crippen LogP contribution >= 0.6 is 0 Å². The summed E-state index contributed by atoms with van der Waals surface area (Å²) in [6, 6.07) is 5.95. The van der Waals surface area contributed by atoms with Gasteiger partial charge in [-0.05, 0) is 6.07 Å². The molecule has 10 heavy (non-hydrogen) atoms. The minimum Gasteiger partial charge on any atom is -0.871 e. The fourth-order valence-corrected chi connectivity index (χ4v) is 0.646. The Labute approximate surface area is 58.0 Å². The van der Waals surface area contributed by atoms with Gasteiger partial charge in [-0.15, -0.1) is 0 Å². The highest BCUT2D eigenvalue weighted by Crippen LogP contribution is 2.19. The first-order valence-corrected chi connectivity index (χ1v) is 2.71. The van der Waals surface area contributed by atoms with Gasteiger partial charge in [0.1, 0.15) is 0 Å². The number of hydrogen-bond donors (Lipinski definition) is 2. The maximum Gasteiger partial charge on any atom is 0.0739 e. The SMILES string of the molecule is NN(O)c1ccccc1[O-]. The van der Waals surface area contributed by atoms with Gasteiger partial charge in [0.25, 0.3) is 0 Å². The topological polar surface area (TPSA) is 72.5 Å². The molecule has 54 valence electrons. The lowest BCUT2D eigenvalue weighted by atomic mass is 10.3. The average Bonchev–Trinajstić information content (AvgIpc) is 1.88. The van der Waals surface area contributed by atoms with E-state index in [2.05, 4.69) is 0 Å². The minimum atomic E-state index is -0.299. The molecular formula is C6H7N2O2-. The van der Waals surface area contributed by atoms with Crippen LogP contribution in [0.25, 0.3) is 0 Å². The molecule has 3 N–H and O–H groups in total. The van der Waals surface area contributed by atoms with E-state index in [9.17, 15) is 5.11 Å². The molecule has 0 amide bonds. The van der Waals surface area contributed by atoms with Gasteiger partial charge in [0.15, 0.2) is 0 Å². The monoisotopic (exact) mass is 139 g/mol. The third-order valence-corrected chi connectivity index (χ3v) is 1.11. The second kappa shape index (κ2) is 2.55. The number of rotatable bonds is 1. The Bertz CT molecular complexity index is 225. The molecule has 0 bridgehead atoms. The van der Waals surface area contributed by atoms with Crippen molar-refractivity contribution in [1.29, 1.82) is 0 Å². The van der Waals surface area contributed by atoms with Gasteiger partial charge in [0.2, 0.25) is 0 Å². The molecule has 0 aromatic heterocycles. The molecular weight excluding hydrogens is 132 g/mol. The number of para-hydroxylation sites is 2. The molecule has 0 aliphatic carbocycles. The van der Waals surface area contributed by atoms with E-state index >= 15 is 0 Å². The third kappa shape index (κ3) is 1.18. The van der Waals surface area contributed by atoms with E-state index in [-0.39, 0.29) is 11.4 Å². The molecule has 0 fully saturated rings. The second-order valence-electron chi connectivity index (χ2n) is 1.81. The molecule has 0 saturated heterocycles. The predicted molar refractivity (Wildman–Crippen MR) is 34.3 cm³/mol. The van der Waals surface area contributed by atoms with Crippen molar-refractivity contribution < 1.29 is 10.3 Å². The molecule has 4 nitrogen and oxygen atoms in total. The maximum atomic E-state index is 10.8. The first-order chi connectivity index (χ1) is 4.72. The molecule has 0 unspecified atom stereocenters. The Morgan fingerprint density at radius 3 is 2.40 bits per heavy atom. The fourth-order valence-electron chi connectivity index (χ4n) is 0.646. The van der Waals surface area contributed by atoms with E-state index in [1.165, 1.54) is 12.1 Å². The van der Waals surface area contributed by atoms with Crippen LogP contribution in [0.15, 0.2) is 24.3 Å². The summed E-state index contributed by atoms with van der Waals surface area (Å²) in [5.74, 6) is 4.60. The van der Waals surface area contributed by atoms with Crippen molar-refractivity contribution >= 4 is 5.69 Å². The lowest BCUT2D eigenvalue weighted by Crippen LogP contribution is -2.26. The molecule has 0 atom stereocenters. The third-order valence-electron chi connectivity index (χ3n) is 1.11. The van der Waals surface area contributed by atoms with Gasteiger partial charge in [-0.1, -0.05) is 23.9 Å². The average molecular weight is 139 g/mol. The standard InChI is InChI=1S/C6H8N2O2/c7-8(10)5-3-1-2-4-6(5)9/h1-4,9-10H,7H2/p-1. The fraction of sp³-hybridized carbons (Fsp3) is 0. The van der Waals surface area contributed by atoms with Crippen molar-refractivity contribution in [1.82, 2.24) is 0 Å². The van der Waals surface area contributed by atoms with Crippen LogP contribution in [0.4, 0.5) is 5.69 Å². The van der Waals surface area contributed by atoms with Gasteiger partial charge in [-0.2, -0.15) is 5.17 Å². The van der Waals surface area contributed by atoms with Crippen molar-refractivity contribution in [2.45, 2.75) is 0 Å². The highest BCUT2D eigenvalue weighted by atomic mass is 16.5. The van der Waals surface area contributed by atoms with E-state index in [0.29, 0.717) is 5.17 Å². The normalized spacial score (nSPS) is 9.40. The van der Waals surface area contributed by atoms with Crippen LogP contribution in [0.1, 0.15) is 0 Å². The molecule has 1 aromatic rings. The molecule has 0 heterocycles. The Kier molecular flexibility index (Phi) is 1.75. The smallest absolute Gasteiger partial charge is 0.0739 e. The van der Waals surface area contributed by atoms with E-state index in [1.54, 1.807) is 12.1 Å². The van der Waals surface area contributed by atoms with Crippen LogP contribution in [-0.2, 0) is 0 Å². The van der Waals surface area contributed by atoms with Crippen LogP contribution in [0.5, 0.6) is 5.75 Å². The zero-order valence-corrected chi connectivity index (χ0v) is 5.19. The second-order valence-corrected chi connectivity index (χ2v) is 1.81. The summed E-state index contributed by atoms with van der Waals surface area (Å²) in [6.45, 7) is 0. The van der Waals surface area contributed by atoms with Crippen LogP contribution in [0, 0.1) is 0 Å². The van der Waals surface area contributed by atoms with Crippen LogP contribution in [0.3, 0.4) is 0 Å². The summed E-state index contributed by atoms with van der Waals surface area (Å²) < 4.78 is 0. The van der Waals surface area contributed by atoms with Crippen LogP contribution in [-0.4, -0.2) is 5.21 Å². The van der Waals surface area contributed by atoms with E-state index in [1.807, 2.05) is 0 Å². The number of nitrogens with two attached hydrogens (primary N) is 1. The summed E-state index contributed by atoms with van der Waals surface area (Å²) in [6.07, 6.45) is 0. The Morgan fingerprint density at radius 2 is 2.00 bits per heavy atom. The van der Waals surface area contributed by atoms with E-state index < -0.39 is 0 Å². The zero-order chi connectivity index (χ0) is 7.56. The van der Waals surface area contributed by atoms with E-state index in [0.717, 1.165) is 0 Å². The van der Waals surface area contributed by atoms with Gasteiger partial charge in [0, 0.05) is 0 Å². The molecule has 0 saturated carbocycles. The van der Waals surface area contributed by atoms with Gasteiger partial charge in [0.05, 0.1) is 5.69 Å².